The summed E-state index contributed by atoms with van der Waals surface area (Å²) >= 11 is 0. The molecule has 158 valence electrons. The molecule has 1 fully saturated rings. The first-order valence-corrected chi connectivity index (χ1v) is 11.1. The standard InChI is InChI=1S/C20H25NO7S/c1-4-21(17-11-12-29(25,26)13-17)19(23)14(2)28-18(22)10-7-15-5-8-16(9-6-15)20(24)27-3/h5-10,14,17H,4,11-13H2,1-3H3/b10-7+/t14-,17-/m1/s1. The largest absolute Gasteiger partial charge is 0.465 e. The number of benzene rings is 1. The number of methoxy groups -OCH3 is 1. The third kappa shape index (κ3) is 6.15. The van der Waals surface area contributed by atoms with Gasteiger partial charge in [-0.1, -0.05) is 12.1 Å². The zero-order valence-corrected chi connectivity index (χ0v) is 17.5. The minimum atomic E-state index is -3.12. The van der Waals surface area contributed by atoms with E-state index in [1.54, 1.807) is 31.2 Å². The summed E-state index contributed by atoms with van der Waals surface area (Å²) in [5.41, 5.74) is 1.06. The Morgan fingerprint density at radius 3 is 2.41 bits per heavy atom. The maximum Gasteiger partial charge on any atom is 0.337 e. The van der Waals surface area contributed by atoms with Crippen LogP contribution >= 0.6 is 0 Å². The van der Waals surface area contributed by atoms with E-state index >= 15 is 0 Å². The highest BCUT2D eigenvalue weighted by molar-refractivity contribution is 7.91. The maximum absolute atomic E-state index is 12.6. The smallest absolute Gasteiger partial charge is 0.337 e. The molecule has 1 aliphatic rings. The minimum Gasteiger partial charge on any atom is -0.465 e. The van der Waals surface area contributed by atoms with Gasteiger partial charge in [-0.25, -0.2) is 18.0 Å². The lowest BCUT2D eigenvalue weighted by Crippen LogP contribution is -2.46. The van der Waals surface area contributed by atoms with Gasteiger partial charge in [-0.15, -0.1) is 0 Å². The van der Waals surface area contributed by atoms with Crippen molar-refractivity contribution in [2.75, 3.05) is 25.2 Å². The Labute approximate surface area is 170 Å². The van der Waals surface area contributed by atoms with Crippen molar-refractivity contribution in [1.29, 1.82) is 0 Å². The highest BCUT2D eigenvalue weighted by Crippen LogP contribution is 2.19. The second-order valence-electron chi connectivity index (χ2n) is 6.71. The molecule has 8 nitrogen and oxygen atoms in total. The number of amides is 1. The Morgan fingerprint density at radius 1 is 1.24 bits per heavy atom. The fourth-order valence-corrected chi connectivity index (χ4v) is 4.86. The summed E-state index contributed by atoms with van der Waals surface area (Å²) in [5.74, 6) is -1.57. The van der Waals surface area contributed by atoms with Crippen LogP contribution in [0.3, 0.4) is 0 Å². The van der Waals surface area contributed by atoms with Crippen LogP contribution in [0.25, 0.3) is 6.08 Å². The average Bonchev–Trinajstić information content (AvgIpc) is 3.05. The zero-order chi connectivity index (χ0) is 21.6. The quantitative estimate of drug-likeness (QED) is 0.483. The topological polar surface area (TPSA) is 107 Å². The van der Waals surface area contributed by atoms with Crippen LogP contribution in [-0.2, 0) is 28.9 Å². The van der Waals surface area contributed by atoms with Crippen LogP contribution in [0.1, 0.15) is 36.2 Å². The summed E-state index contributed by atoms with van der Waals surface area (Å²) in [6, 6.07) is 6.03. The molecule has 1 saturated heterocycles. The van der Waals surface area contributed by atoms with Crippen molar-refractivity contribution >= 4 is 33.8 Å². The van der Waals surface area contributed by atoms with Crippen molar-refractivity contribution in [2.24, 2.45) is 0 Å². The Balaban J connectivity index is 1.94. The number of ether oxygens (including phenoxy) is 2. The van der Waals surface area contributed by atoms with Gasteiger partial charge in [0.2, 0.25) is 0 Å². The molecule has 0 unspecified atom stereocenters. The summed E-state index contributed by atoms with van der Waals surface area (Å²) in [4.78, 5) is 37.5. The molecule has 2 rings (SSSR count). The predicted molar refractivity (Wildman–Crippen MR) is 107 cm³/mol. The normalized spacial score (nSPS) is 18.9. The molecular formula is C20H25NO7S. The van der Waals surface area contributed by atoms with Crippen LogP contribution in [0.2, 0.25) is 0 Å². The molecule has 0 bridgehead atoms. The predicted octanol–water partition coefficient (Wildman–Crippen LogP) is 1.45. The molecule has 1 heterocycles. The average molecular weight is 423 g/mol. The van der Waals surface area contributed by atoms with Crippen molar-refractivity contribution in [1.82, 2.24) is 4.90 Å². The van der Waals surface area contributed by atoms with E-state index in [0.29, 0.717) is 24.1 Å². The molecule has 0 spiro atoms. The molecule has 9 heteroatoms. The van der Waals surface area contributed by atoms with Crippen LogP contribution in [-0.4, -0.2) is 68.5 Å². The number of carbonyl (C=O) groups is 3. The third-order valence-electron chi connectivity index (χ3n) is 4.66. The first-order valence-electron chi connectivity index (χ1n) is 9.24. The van der Waals surface area contributed by atoms with Crippen molar-refractivity contribution < 1.29 is 32.3 Å². The number of nitrogens with zero attached hydrogens (tertiary/aromatic N) is 1. The number of hydrogen-bond donors (Lipinski definition) is 0. The summed E-state index contributed by atoms with van der Waals surface area (Å²) in [5, 5.41) is 0. The van der Waals surface area contributed by atoms with Gasteiger partial charge in [-0.3, -0.25) is 4.79 Å². The van der Waals surface area contributed by atoms with Crippen molar-refractivity contribution in [3.63, 3.8) is 0 Å². The molecule has 1 aliphatic heterocycles. The van der Waals surface area contributed by atoms with Gasteiger partial charge in [0.1, 0.15) is 0 Å². The fourth-order valence-electron chi connectivity index (χ4n) is 3.13. The number of sulfone groups is 1. The fraction of sp³-hybridized carbons (Fsp3) is 0.450. The lowest BCUT2D eigenvalue weighted by Gasteiger charge is -2.29. The summed E-state index contributed by atoms with van der Waals surface area (Å²) in [7, 11) is -1.83. The molecule has 0 N–H and O–H groups in total. The molecule has 1 aromatic rings. The number of rotatable bonds is 7. The maximum atomic E-state index is 12.6. The number of esters is 2. The molecule has 29 heavy (non-hydrogen) atoms. The Bertz CT molecular complexity index is 890. The van der Waals surface area contributed by atoms with Crippen LogP contribution in [0.4, 0.5) is 0 Å². The van der Waals surface area contributed by atoms with E-state index in [0.717, 1.165) is 0 Å². The highest BCUT2D eigenvalue weighted by atomic mass is 32.2. The van der Waals surface area contributed by atoms with Gasteiger partial charge in [0.05, 0.1) is 24.2 Å². The SMILES string of the molecule is CCN(C(=O)[C@@H](C)OC(=O)/C=C/c1ccc(C(=O)OC)cc1)[C@@H]1CCS(=O)(=O)C1. The van der Waals surface area contributed by atoms with E-state index in [1.165, 1.54) is 31.1 Å². The van der Waals surface area contributed by atoms with E-state index < -0.39 is 33.8 Å². The molecule has 2 atom stereocenters. The number of likely N-dealkylation sites (N-methyl/N-ethyl adjacent to an activating group) is 1. The third-order valence-corrected chi connectivity index (χ3v) is 6.41. The van der Waals surface area contributed by atoms with Crippen LogP contribution in [0.5, 0.6) is 0 Å². The molecular weight excluding hydrogens is 398 g/mol. The van der Waals surface area contributed by atoms with E-state index in [-0.39, 0.29) is 17.5 Å². The summed E-state index contributed by atoms with van der Waals surface area (Å²) in [6.07, 6.45) is 2.05. The van der Waals surface area contributed by atoms with E-state index in [9.17, 15) is 22.8 Å². The Morgan fingerprint density at radius 2 is 1.90 bits per heavy atom. The van der Waals surface area contributed by atoms with E-state index in [1.807, 2.05) is 0 Å². The Kier molecular flexibility index (Phi) is 7.55. The monoisotopic (exact) mass is 423 g/mol. The van der Waals surface area contributed by atoms with Crippen LogP contribution in [0.15, 0.2) is 30.3 Å². The number of hydrogen-bond acceptors (Lipinski definition) is 7. The second-order valence-corrected chi connectivity index (χ2v) is 8.94. The van der Waals surface area contributed by atoms with Crippen LogP contribution in [0, 0.1) is 0 Å². The van der Waals surface area contributed by atoms with Gasteiger partial charge < -0.3 is 14.4 Å². The van der Waals surface area contributed by atoms with Gasteiger partial charge in [-0.05, 0) is 44.0 Å². The summed E-state index contributed by atoms with van der Waals surface area (Å²) in [6.45, 7) is 3.56. The first-order chi connectivity index (χ1) is 13.7. The van der Waals surface area contributed by atoms with Gasteiger partial charge in [0, 0.05) is 18.7 Å². The zero-order valence-electron chi connectivity index (χ0n) is 16.7. The first kappa shape index (κ1) is 22.6. The van der Waals surface area contributed by atoms with Crippen LogP contribution < -0.4 is 0 Å². The van der Waals surface area contributed by atoms with Crippen molar-refractivity contribution in [3.05, 3.63) is 41.5 Å². The minimum absolute atomic E-state index is 0.0608. The molecule has 1 amide bonds. The molecule has 1 aromatic carbocycles. The van der Waals surface area contributed by atoms with Gasteiger partial charge in [0.25, 0.3) is 5.91 Å². The van der Waals surface area contributed by atoms with Crippen molar-refractivity contribution in [3.8, 4) is 0 Å². The molecule has 0 saturated carbocycles. The van der Waals surface area contributed by atoms with E-state index in [4.69, 9.17) is 4.74 Å². The lowest BCUT2D eigenvalue weighted by atomic mass is 10.1. The van der Waals surface area contributed by atoms with Gasteiger partial charge >= 0.3 is 11.9 Å². The highest BCUT2D eigenvalue weighted by Gasteiger charge is 2.36. The van der Waals surface area contributed by atoms with Gasteiger partial charge in [0.15, 0.2) is 15.9 Å². The van der Waals surface area contributed by atoms with Gasteiger partial charge in [-0.2, -0.15) is 0 Å². The number of carbonyl (C=O) groups excluding carboxylic acids is 3. The molecule has 0 aromatic heterocycles. The molecule has 0 aliphatic carbocycles. The Hall–Kier alpha value is -2.68. The lowest BCUT2D eigenvalue weighted by molar-refractivity contribution is -0.156. The second kappa shape index (κ2) is 9.69. The van der Waals surface area contributed by atoms with Crippen molar-refractivity contribution in [2.45, 2.75) is 32.4 Å². The summed E-state index contributed by atoms with van der Waals surface area (Å²) < 4.78 is 33.1. The van der Waals surface area contributed by atoms with E-state index in [2.05, 4.69) is 4.74 Å². The molecule has 0 radical (unpaired) electrons.